The van der Waals surface area contributed by atoms with Crippen LogP contribution in [-0.2, 0) is 4.79 Å². The summed E-state index contributed by atoms with van der Waals surface area (Å²) in [4.78, 5) is 18.7. The summed E-state index contributed by atoms with van der Waals surface area (Å²) < 4.78 is 26.1. The third-order valence-corrected chi connectivity index (χ3v) is 4.92. The van der Waals surface area contributed by atoms with Crippen molar-refractivity contribution in [1.82, 2.24) is 9.80 Å². The number of nitrogens with zero attached hydrogens (tertiary/aromatic N) is 3. The molecule has 1 saturated carbocycles. The average molecular weight is 353 g/mol. The molecule has 2 rings (SSSR count). The molecule has 0 heterocycles. The lowest BCUT2D eigenvalue weighted by molar-refractivity contribution is -0.119. The zero-order chi connectivity index (χ0) is 18.4. The maximum absolute atomic E-state index is 13.3. The molecular formula is C19H29F2N3O. The minimum atomic E-state index is -0.676. The van der Waals surface area contributed by atoms with Crippen LogP contribution in [0.3, 0.4) is 0 Å². The third-order valence-electron chi connectivity index (χ3n) is 4.92. The van der Waals surface area contributed by atoms with Crippen molar-refractivity contribution < 1.29 is 13.6 Å². The summed E-state index contributed by atoms with van der Waals surface area (Å²) in [5.41, 5.74) is 0.651. The molecule has 1 aromatic rings. The van der Waals surface area contributed by atoms with Crippen LogP contribution in [-0.4, -0.2) is 68.7 Å². The lowest BCUT2D eigenvalue weighted by Gasteiger charge is -2.37. The number of amides is 1. The van der Waals surface area contributed by atoms with Crippen LogP contribution in [0.15, 0.2) is 24.3 Å². The second-order valence-electron chi connectivity index (χ2n) is 7.03. The first kappa shape index (κ1) is 19.8. The summed E-state index contributed by atoms with van der Waals surface area (Å²) in [6.45, 7) is 1.17. The molecule has 1 amide bonds. The van der Waals surface area contributed by atoms with Crippen molar-refractivity contribution in [2.24, 2.45) is 0 Å². The van der Waals surface area contributed by atoms with E-state index in [4.69, 9.17) is 0 Å². The van der Waals surface area contributed by atoms with Crippen molar-refractivity contribution in [2.75, 3.05) is 45.8 Å². The SMILES string of the molecule is CN(C)CCN(C)C1CCCC1N(C(=O)CCF)c1ccc(F)cc1. The van der Waals surface area contributed by atoms with Gasteiger partial charge in [-0.05, 0) is 64.7 Å². The van der Waals surface area contributed by atoms with Crippen LogP contribution in [0, 0.1) is 5.82 Å². The van der Waals surface area contributed by atoms with E-state index in [-0.39, 0.29) is 30.2 Å². The Morgan fingerprint density at radius 1 is 1.08 bits per heavy atom. The first-order chi connectivity index (χ1) is 11.9. The van der Waals surface area contributed by atoms with Gasteiger partial charge in [0.1, 0.15) is 5.82 Å². The summed E-state index contributed by atoms with van der Waals surface area (Å²) in [5.74, 6) is -0.570. The van der Waals surface area contributed by atoms with Gasteiger partial charge in [-0.2, -0.15) is 0 Å². The molecule has 1 aliphatic rings. The van der Waals surface area contributed by atoms with Crippen LogP contribution < -0.4 is 4.90 Å². The first-order valence-corrected chi connectivity index (χ1v) is 8.92. The topological polar surface area (TPSA) is 26.8 Å². The molecule has 0 N–H and O–H groups in total. The van der Waals surface area contributed by atoms with Crippen LogP contribution in [0.1, 0.15) is 25.7 Å². The van der Waals surface area contributed by atoms with Crippen molar-refractivity contribution in [3.8, 4) is 0 Å². The van der Waals surface area contributed by atoms with Gasteiger partial charge in [0.15, 0.2) is 0 Å². The van der Waals surface area contributed by atoms with Crippen molar-refractivity contribution in [2.45, 2.75) is 37.8 Å². The number of benzene rings is 1. The van der Waals surface area contributed by atoms with E-state index in [0.29, 0.717) is 5.69 Å². The van der Waals surface area contributed by atoms with E-state index in [1.165, 1.54) is 12.1 Å². The van der Waals surface area contributed by atoms with Crippen LogP contribution in [0.4, 0.5) is 14.5 Å². The second-order valence-corrected chi connectivity index (χ2v) is 7.03. The number of rotatable bonds is 8. The molecule has 0 aliphatic heterocycles. The number of hydrogen-bond acceptors (Lipinski definition) is 3. The molecule has 0 bridgehead atoms. The fourth-order valence-electron chi connectivity index (χ4n) is 3.58. The molecule has 140 valence electrons. The molecule has 0 saturated heterocycles. The average Bonchev–Trinajstić information content (AvgIpc) is 3.04. The monoisotopic (exact) mass is 353 g/mol. The van der Waals surface area contributed by atoms with Crippen molar-refractivity contribution >= 4 is 11.6 Å². The van der Waals surface area contributed by atoms with Gasteiger partial charge < -0.3 is 14.7 Å². The van der Waals surface area contributed by atoms with Crippen molar-refractivity contribution in [1.29, 1.82) is 0 Å². The van der Waals surface area contributed by atoms with Crippen molar-refractivity contribution in [3.63, 3.8) is 0 Å². The van der Waals surface area contributed by atoms with E-state index in [0.717, 1.165) is 32.4 Å². The third kappa shape index (κ3) is 5.22. The number of halogens is 2. The Balaban J connectivity index is 2.22. The van der Waals surface area contributed by atoms with E-state index in [2.05, 4.69) is 16.8 Å². The molecule has 0 aromatic heterocycles. The van der Waals surface area contributed by atoms with Gasteiger partial charge in [-0.15, -0.1) is 0 Å². The van der Waals surface area contributed by atoms with Crippen LogP contribution in [0.2, 0.25) is 0 Å². The van der Waals surface area contributed by atoms with E-state index in [1.807, 2.05) is 14.1 Å². The van der Waals surface area contributed by atoms with Gasteiger partial charge in [0, 0.05) is 24.8 Å². The Kier molecular flexibility index (Phi) is 7.32. The van der Waals surface area contributed by atoms with Crippen LogP contribution >= 0.6 is 0 Å². The lowest BCUT2D eigenvalue weighted by Crippen LogP contribution is -2.51. The molecule has 1 aromatic carbocycles. The van der Waals surface area contributed by atoms with Crippen molar-refractivity contribution in [3.05, 3.63) is 30.1 Å². The fourth-order valence-corrected chi connectivity index (χ4v) is 3.58. The smallest absolute Gasteiger partial charge is 0.229 e. The Morgan fingerprint density at radius 2 is 1.72 bits per heavy atom. The molecule has 4 nitrogen and oxygen atoms in total. The quantitative estimate of drug-likeness (QED) is 0.719. The maximum atomic E-state index is 13.3. The highest BCUT2D eigenvalue weighted by atomic mass is 19.1. The van der Waals surface area contributed by atoms with Gasteiger partial charge in [0.25, 0.3) is 0 Å². The molecule has 0 spiro atoms. The largest absolute Gasteiger partial charge is 0.308 e. The minimum Gasteiger partial charge on any atom is -0.308 e. The van der Waals surface area contributed by atoms with Crippen LogP contribution in [0.25, 0.3) is 0 Å². The molecule has 2 unspecified atom stereocenters. The molecule has 1 aliphatic carbocycles. The molecule has 0 radical (unpaired) electrons. The second kappa shape index (κ2) is 9.25. The van der Waals surface area contributed by atoms with Gasteiger partial charge in [0.05, 0.1) is 19.1 Å². The standard InChI is InChI=1S/C19H29F2N3O/c1-22(2)13-14-23(3)17-5-4-6-18(17)24(19(25)11-12-20)16-9-7-15(21)8-10-16/h7-10,17-18H,4-6,11-14H2,1-3H3. The minimum absolute atomic E-state index is 0.00308. The molecule has 6 heteroatoms. The Hall–Kier alpha value is -1.53. The van der Waals surface area contributed by atoms with Crippen LogP contribution in [0.5, 0.6) is 0 Å². The zero-order valence-electron chi connectivity index (χ0n) is 15.4. The van der Waals surface area contributed by atoms with Gasteiger partial charge in [-0.1, -0.05) is 0 Å². The Bertz CT molecular complexity index is 550. The summed E-state index contributed by atoms with van der Waals surface area (Å²) >= 11 is 0. The number of likely N-dealkylation sites (N-methyl/N-ethyl adjacent to an activating group) is 2. The number of hydrogen-bond donors (Lipinski definition) is 0. The van der Waals surface area contributed by atoms with E-state index >= 15 is 0 Å². The molecule has 1 fully saturated rings. The zero-order valence-corrected chi connectivity index (χ0v) is 15.4. The summed E-state index contributed by atoms with van der Waals surface area (Å²) in [6, 6.07) is 6.15. The molecule has 2 atom stereocenters. The highest BCUT2D eigenvalue weighted by Gasteiger charge is 2.37. The summed E-state index contributed by atoms with van der Waals surface area (Å²) in [7, 11) is 6.15. The normalized spacial score (nSPS) is 20.4. The van der Waals surface area contributed by atoms with Gasteiger partial charge in [0.2, 0.25) is 5.91 Å². The van der Waals surface area contributed by atoms with Gasteiger partial charge >= 0.3 is 0 Å². The summed E-state index contributed by atoms with van der Waals surface area (Å²) in [5, 5.41) is 0. The van der Waals surface area contributed by atoms with E-state index < -0.39 is 6.67 Å². The first-order valence-electron chi connectivity index (χ1n) is 8.92. The fraction of sp³-hybridized carbons (Fsp3) is 0.632. The maximum Gasteiger partial charge on any atom is 0.229 e. The highest BCUT2D eigenvalue weighted by Crippen LogP contribution is 2.32. The predicted molar refractivity (Wildman–Crippen MR) is 97.1 cm³/mol. The van der Waals surface area contributed by atoms with E-state index in [1.54, 1.807) is 17.0 Å². The lowest BCUT2D eigenvalue weighted by atomic mass is 10.1. The number of carbonyl (C=O) groups is 1. The number of carbonyl (C=O) groups excluding carboxylic acids is 1. The van der Waals surface area contributed by atoms with Gasteiger partial charge in [-0.3, -0.25) is 9.18 Å². The number of alkyl halides is 1. The predicted octanol–water partition coefficient (Wildman–Crippen LogP) is 2.93. The summed E-state index contributed by atoms with van der Waals surface area (Å²) in [6.07, 6.45) is 2.78. The number of anilines is 1. The molecular weight excluding hydrogens is 324 g/mol. The van der Waals surface area contributed by atoms with E-state index in [9.17, 15) is 13.6 Å². The molecule has 25 heavy (non-hydrogen) atoms. The van der Waals surface area contributed by atoms with Gasteiger partial charge in [-0.25, -0.2) is 4.39 Å². The Morgan fingerprint density at radius 3 is 2.32 bits per heavy atom. The Labute approximate surface area is 149 Å². The highest BCUT2D eigenvalue weighted by molar-refractivity contribution is 5.94.